The molecule has 0 saturated heterocycles. The van der Waals surface area contributed by atoms with E-state index < -0.39 is 0 Å². The smallest absolute Gasteiger partial charge is 0.223 e. The van der Waals surface area contributed by atoms with Gasteiger partial charge in [-0.05, 0) is 32.6 Å². The zero-order chi connectivity index (χ0) is 19.8. The van der Waals surface area contributed by atoms with Crippen LogP contribution >= 0.6 is 0 Å². The first-order valence-electron chi connectivity index (χ1n) is 10.4. The number of amides is 1. The summed E-state index contributed by atoms with van der Waals surface area (Å²) in [5, 5.41) is 14.3. The highest BCUT2D eigenvalue weighted by molar-refractivity contribution is 5.80. The molecule has 1 aromatic heterocycles. The average Bonchev–Trinajstić information content (AvgIpc) is 3.02. The lowest BCUT2D eigenvalue weighted by molar-refractivity contribution is -0.127. The molecule has 156 valence electrons. The van der Waals surface area contributed by atoms with Crippen LogP contribution in [0.3, 0.4) is 0 Å². The van der Waals surface area contributed by atoms with Gasteiger partial charge in [0.1, 0.15) is 12.4 Å². The topological polar surface area (TPSA) is 105 Å². The number of ether oxygens (including phenoxy) is 1. The van der Waals surface area contributed by atoms with E-state index in [1.165, 1.54) is 6.42 Å². The normalized spacial score (nSPS) is 19.6. The van der Waals surface area contributed by atoms with E-state index in [-0.39, 0.29) is 17.9 Å². The Morgan fingerprint density at radius 3 is 2.89 bits per heavy atom. The molecule has 0 spiro atoms. The lowest BCUT2D eigenvalue weighted by atomic mass is 9.85. The molecule has 1 unspecified atom stereocenters. The van der Waals surface area contributed by atoms with Crippen molar-refractivity contribution in [3.05, 3.63) is 11.6 Å². The van der Waals surface area contributed by atoms with Gasteiger partial charge >= 0.3 is 0 Å². The number of fused-ring (bicyclic) bond motifs is 1. The van der Waals surface area contributed by atoms with Crippen molar-refractivity contribution in [2.75, 3.05) is 26.7 Å². The second-order valence-electron chi connectivity index (χ2n) is 7.47. The highest BCUT2D eigenvalue weighted by atomic mass is 16.5. The lowest BCUT2D eigenvalue weighted by Crippen LogP contribution is -2.47. The third-order valence-electron chi connectivity index (χ3n) is 5.24. The van der Waals surface area contributed by atoms with Gasteiger partial charge in [-0.15, -0.1) is 0 Å². The van der Waals surface area contributed by atoms with E-state index in [9.17, 15) is 4.79 Å². The number of guanidine groups is 1. The Bertz CT molecular complexity index is 669. The SMILES string of the molecule is CCNC(=NCCCNC(=O)C1CCC1)NC1CCc2nc(COC)nn2C1. The van der Waals surface area contributed by atoms with E-state index >= 15 is 0 Å². The number of hydrogen-bond donors (Lipinski definition) is 3. The van der Waals surface area contributed by atoms with E-state index in [1.54, 1.807) is 7.11 Å². The molecular weight excluding hydrogens is 358 g/mol. The van der Waals surface area contributed by atoms with Crippen LogP contribution in [-0.4, -0.2) is 59.4 Å². The minimum Gasteiger partial charge on any atom is -0.377 e. The van der Waals surface area contributed by atoms with Crippen molar-refractivity contribution in [2.24, 2.45) is 10.9 Å². The van der Waals surface area contributed by atoms with Crippen molar-refractivity contribution in [1.82, 2.24) is 30.7 Å². The molecule has 3 N–H and O–H groups in total. The number of methoxy groups -OCH3 is 1. The number of hydrogen-bond acceptors (Lipinski definition) is 5. The lowest BCUT2D eigenvalue weighted by Gasteiger charge is -2.25. The fourth-order valence-corrected chi connectivity index (χ4v) is 3.48. The van der Waals surface area contributed by atoms with Gasteiger partial charge in [0.05, 0.1) is 6.54 Å². The molecule has 2 aliphatic rings. The van der Waals surface area contributed by atoms with Crippen molar-refractivity contribution < 1.29 is 9.53 Å². The van der Waals surface area contributed by atoms with E-state index in [4.69, 9.17) is 4.74 Å². The Kier molecular flexibility index (Phi) is 7.64. The molecule has 1 aliphatic heterocycles. The van der Waals surface area contributed by atoms with Crippen molar-refractivity contribution in [2.45, 2.75) is 64.6 Å². The summed E-state index contributed by atoms with van der Waals surface area (Å²) < 4.78 is 7.09. The fraction of sp³-hybridized carbons (Fsp3) is 0.789. The fourth-order valence-electron chi connectivity index (χ4n) is 3.48. The molecule has 0 aromatic carbocycles. The number of aromatic nitrogens is 3. The molecule has 9 heteroatoms. The number of carbonyl (C=O) groups excluding carboxylic acids is 1. The largest absolute Gasteiger partial charge is 0.377 e. The number of nitrogens with one attached hydrogen (secondary N) is 3. The van der Waals surface area contributed by atoms with Gasteiger partial charge in [-0.25, -0.2) is 9.67 Å². The molecule has 2 heterocycles. The first-order valence-corrected chi connectivity index (χ1v) is 10.4. The van der Waals surface area contributed by atoms with Gasteiger partial charge in [0, 0.05) is 45.1 Å². The molecule has 9 nitrogen and oxygen atoms in total. The van der Waals surface area contributed by atoms with Crippen molar-refractivity contribution >= 4 is 11.9 Å². The number of nitrogens with zero attached hydrogens (tertiary/aromatic N) is 4. The number of aryl methyl sites for hydroxylation is 1. The number of carbonyl (C=O) groups is 1. The molecule has 1 aliphatic carbocycles. The monoisotopic (exact) mass is 391 g/mol. The second-order valence-corrected chi connectivity index (χ2v) is 7.47. The summed E-state index contributed by atoms with van der Waals surface area (Å²) in [6.45, 7) is 5.45. The molecule has 1 atom stereocenters. The van der Waals surface area contributed by atoms with Gasteiger partial charge in [0.25, 0.3) is 0 Å². The average molecular weight is 392 g/mol. The summed E-state index contributed by atoms with van der Waals surface area (Å²) in [4.78, 5) is 21.0. The highest BCUT2D eigenvalue weighted by Crippen LogP contribution is 2.26. The summed E-state index contributed by atoms with van der Waals surface area (Å²) in [5.41, 5.74) is 0. The van der Waals surface area contributed by atoms with Crippen molar-refractivity contribution in [1.29, 1.82) is 0 Å². The summed E-state index contributed by atoms with van der Waals surface area (Å²) in [6, 6.07) is 0.265. The molecule has 1 saturated carbocycles. The van der Waals surface area contributed by atoms with Gasteiger partial charge in [-0.2, -0.15) is 5.10 Å². The Labute approximate surface area is 166 Å². The van der Waals surface area contributed by atoms with Gasteiger partial charge in [0.2, 0.25) is 5.91 Å². The summed E-state index contributed by atoms with van der Waals surface area (Å²) >= 11 is 0. The number of rotatable bonds is 9. The van der Waals surface area contributed by atoms with Crippen LogP contribution in [0.2, 0.25) is 0 Å². The van der Waals surface area contributed by atoms with Crippen LogP contribution < -0.4 is 16.0 Å². The molecule has 3 rings (SSSR count). The van der Waals surface area contributed by atoms with Crippen LogP contribution in [0.1, 0.15) is 50.7 Å². The minimum absolute atomic E-state index is 0.207. The van der Waals surface area contributed by atoms with Crippen LogP contribution in [-0.2, 0) is 29.1 Å². The summed E-state index contributed by atoms with van der Waals surface area (Å²) in [5.74, 6) is 3.04. The Morgan fingerprint density at radius 1 is 1.32 bits per heavy atom. The summed E-state index contributed by atoms with van der Waals surface area (Å²) in [7, 11) is 1.66. The molecule has 1 fully saturated rings. The van der Waals surface area contributed by atoms with Crippen LogP contribution in [0, 0.1) is 5.92 Å². The van der Waals surface area contributed by atoms with E-state index in [1.807, 2.05) is 4.68 Å². The molecule has 1 aromatic rings. The first kappa shape index (κ1) is 20.6. The Morgan fingerprint density at radius 2 is 2.18 bits per heavy atom. The molecule has 0 radical (unpaired) electrons. The third-order valence-corrected chi connectivity index (χ3v) is 5.24. The first-order chi connectivity index (χ1) is 13.7. The van der Waals surface area contributed by atoms with Gasteiger partial charge in [0.15, 0.2) is 11.8 Å². The minimum atomic E-state index is 0.207. The molecule has 1 amide bonds. The highest BCUT2D eigenvalue weighted by Gasteiger charge is 2.24. The molecule has 0 bridgehead atoms. The Hall–Kier alpha value is -2.16. The van der Waals surface area contributed by atoms with Crippen LogP contribution in [0.5, 0.6) is 0 Å². The maximum atomic E-state index is 11.8. The zero-order valence-corrected chi connectivity index (χ0v) is 17.0. The maximum Gasteiger partial charge on any atom is 0.223 e. The quantitative estimate of drug-likeness (QED) is 0.323. The standard InChI is InChI=1S/C19H33N7O2/c1-3-20-19(22-11-5-10-21-18(27)14-6-4-7-14)23-15-8-9-17-24-16(13-28-2)25-26(17)12-15/h14-15H,3-13H2,1-2H3,(H,21,27)(H2,20,22,23). The molecular formula is C19H33N7O2. The third kappa shape index (κ3) is 5.67. The van der Waals surface area contributed by atoms with Crippen molar-refractivity contribution in [3.63, 3.8) is 0 Å². The second kappa shape index (κ2) is 10.4. The van der Waals surface area contributed by atoms with Gasteiger partial charge in [-0.1, -0.05) is 6.42 Å². The van der Waals surface area contributed by atoms with E-state index in [2.05, 4.69) is 37.9 Å². The zero-order valence-electron chi connectivity index (χ0n) is 17.0. The van der Waals surface area contributed by atoms with Crippen LogP contribution in [0.4, 0.5) is 0 Å². The van der Waals surface area contributed by atoms with Crippen LogP contribution in [0.25, 0.3) is 0 Å². The van der Waals surface area contributed by atoms with Gasteiger partial charge in [-0.3, -0.25) is 9.79 Å². The molecule has 28 heavy (non-hydrogen) atoms. The van der Waals surface area contributed by atoms with Crippen molar-refractivity contribution in [3.8, 4) is 0 Å². The number of aliphatic imine (C=N–C) groups is 1. The summed E-state index contributed by atoms with van der Waals surface area (Å²) in [6.07, 6.45) is 5.99. The van der Waals surface area contributed by atoms with Gasteiger partial charge < -0.3 is 20.7 Å². The van der Waals surface area contributed by atoms with E-state index in [0.717, 1.165) is 62.8 Å². The maximum absolute atomic E-state index is 11.8. The predicted octanol–water partition coefficient (Wildman–Crippen LogP) is 0.601. The Balaban J connectivity index is 1.43. The predicted molar refractivity (Wildman–Crippen MR) is 107 cm³/mol. The van der Waals surface area contributed by atoms with E-state index in [0.29, 0.717) is 19.7 Å². The van der Waals surface area contributed by atoms with Crippen LogP contribution in [0.15, 0.2) is 4.99 Å².